The number of amides is 3. The third kappa shape index (κ3) is 8.00. The van der Waals surface area contributed by atoms with Gasteiger partial charge in [0.05, 0.1) is 6.54 Å². The van der Waals surface area contributed by atoms with E-state index in [1.807, 2.05) is 66.6 Å². The van der Waals surface area contributed by atoms with Crippen molar-refractivity contribution in [3.8, 4) is 0 Å². The number of rotatable bonds is 9. The molecule has 39 heavy (non-hydrogen) atoms. The van der Waals surface area contributed by atoms with Gasteiger partial charge >= 0.3 is 6.03 Å². The lowest BCUT2D eigenvalue weighted by atomic mass is 10.0. The van der Waals surface area contributed by atoms with Crippen LogP contribution in [-0.2, 0) is 6.54 Å². The maximum absolute atomic E-state index is 13.1. The molecule has 1 fully saturated rings. The standard InChI is InChI=1S/C31H39N5O2S/c1-23(2)26-12-14-27(15-13-26)32-31(38)36(24(3)4)21-29-33-28(22-39-29)30(37)35-19-17-34(18-20-35)16-8-11-25-9-6-5-7-10-25/h5-15,22-24H,16-21H2,1-4H3,(H,32,38). The van der Waals surface area contributed by atoms with Crippen molar-refractivity contribution in [2.24, 2.45) is 0 Å². The van der Waals surface area contributed by atoms with E-state index in [0.717, 1.165) is 30.3 Å². The average molecular weight is 546 g/mol. The number of hydrogen-bond donors (Lipinski definition) is 1. The molecule has 206 valence electrons. The summed E-state index contributed by atoms with van der Waals surface area (Å²) in [5, 5.41) is 5.56. The average Bonchev–Trinajstić information content (AvgIpc) is 3.41. The molecule has 1 aromatic heterocycles. The minimum absolute atomic E-state index is 0.0213. The number of anilines is 1. The molecule has 1 N–H and O–H groups in total. The van der Waals surface area contributed by atoms with Crippen LogP contribution in [0.1, 0.15) is 60.2 Å². The summed E-state index contributed by atoms with van der Waals surface area (Å²) in [7, 11) is 0. The Balaban J connectivity index is 1.28. The highest BCUT2D eigenvalue weighted by Crippen LogP contribution is 2.20. The SMILES string of the molecule is CC(C)c1ccc(NC(=O)N(Cc2nc(C(=O)N3CCN(CC=Cc4ccccc4)CC3)cs2)C(C)C)cc1. The molecule has 2 aromatic carbocycles. The van der Waals surface area contributed by atoms with E-state index < -0.39 is 0 Å². The van der Waals surface area contributed by atoms with Crippen LogP contribution in [0.5, 0.6) is 0 Å². The topological polar surface area (TPSA) is 68.8 Å². The minimum Gasteiger partial charge on any atom is -0.335 e. The van der Waals surface area contributed by atoms with Crippen LogP contribution in [0.4, 0.5) is 10.5 Å². The molecule has 1 aliphatic rings. The van der Waals surface area contributed by atoms with E-state index in [9.17, 15) is 9.59 Å². The molecule has 0 aliphatic carbocycles. The number of urea groups is 1. The molecule has 0 bridgehead atoms. The summed E-state index contributed by atoms with van der Waals surface area (Å²) in [5.74, 6) is 0.400. The van der Waals surface area contributed by atoms with Crippen LogP contribution >= 0.6 is 11.3 Å². The molecule has 1 aliphatic heterocycles. The van der Waals surface area contributed by atoms with Crippen LogP contribution in [0, 0.1) is 0 Å². The van der Waals surface area contributed by atoms with Crippen LogP contribution in [0.3, 0.4) is 0 Å². The predicted molar refractivity (Wildman–Crippen MR) is 160 cm³/mol. The van der Waals surface area contributed by atoms with Gasteiger partial charge in [0.25, 0.3) is 5.91 Å². The van der Waals surface area contributed by atoms with E-state index in [0.29, 0.717) is 31.2 Å². The second-order valence-electron chi connectivity index (χ2n) is 10.5. The second kappa shape index (κ2) is 13.5. The minimum atomic E-state index is -0.178. The summed E-state index contributed by atoms with van der Waals surface area (Å²) in [5.41, 5.74) is 3.65. The van der Waals surface area contributed by atoms with Crippen molar-refractivity contribution >= 4 is 35.0 Å². The number of carbonyl (C=O) groups excluding carboxylic acids is 2. The highest BCUT2D eigenvalue weighted by Gasteiger charge is 2.25. The lowest BCUT2D eigenvalue weighted by Gasteiger charge is -2.33. The summed E-state index contributed by atoms with van der Waals surface area (Å²) in [4.78, 5) is 36.8. The van der Waals surface area contributed by atoms with E-state index in [1.165, 1.54) is 22.5 Å². The molecular weight excluding hydrogens is 506 g/mol. The molecule has 0 atom stereocenters. The fourth-order valence-electron chi connectivity index (χ4n) is 4.46. The molecule has 3 aromatic rings. The first-order valence-corrected chi connectivity index (χ1v) is 14.5. The third-order valence-electron chi connectivity index (χ3n) is 6.92. The Morgan fingerprint density at radius 3 is 2.33 bits per heavy atom. The highest BCUT2D eigenvalue weighted by molar-refractivity contribution is 7.09. The monoisotopic (exact) mass is 545 g/mol. The molecule has 0 radical (unpaired) electrons. The maximum Gasteiger partial charge on any atom is 0.322 e. The van der Waals surface area contributed by atoms with Crippen LogP contribution in [0.25, 0.3) is 6.08 Å². The first-order valence-electron chi connectivity index (χ1n) is 13.7. The molecule has 1 saturated heterocycles. The zero-order valence-electron chi connectivity index (χ0n) is 23.3. The smallest absolute Gasteiger partial charge is 0.322 e. The fraction of sp³-hybridized carbons (Fsp3) is 0.387. The molecule has 2 heterocycles. The van der Waals surface area contributed by atoms with Crippen molar-refractivity contribution in [3.05, 3.63) is 87.9 Å². The molecule has 0 saturated carbocycles. The Bertz CT molecular complexity index is 1250. The van der Waals surface area contributed by atoms with Gasteiger partial charge in [0.1, 0.15) is 10.7 Å². The number of carbonyl (C=O) groups is 2. The van der Waals surface area contributed by atoms with Crippen LogP contribution in [0.15, 0.2) is 66.1 Å². The van der Waals surface area contributed by atoms with Gasteiger partial charge in [-0.05, 0) is 43.0 Å². The summed E-state index contributed by atoms with van der Waals surface area (Å²) in [6.45, 7) is 12.5. The van der Waals surface area contributed by atoms with E-state index >= 15 is 0 Å². The number of nitrogens with zero attached hydrogens (tertiary/aromatic N) is 4. The number of hydrogen-bond acceptors (Lipinski definition) is 5. The Morgan fingerprint density at radius 1 is 1.00 bits per heavy atom. The van der Waals surface area contributed by atoms with Crippen molar-refractivity contribution in [2.75, 3.05) is 38.0 Å². The van der Waals surface area contributed by atoms with E-state index in [1.54, 1.807) is 4.90 Å². The normalized spacial score (nSPS) is 14.4. The Labute approximate surface area is 236 Å². The fourth-order valence-corrected chi connectivity index (χ4v) is 5.23. The van der Waals surface area contributed by atoms with Gasteiger partial charge in [-0.2, -0.15) is 0 Å². The number of benzene rings is 2. The zero-order chi connectivity index (χ0) is 27.8. The van der Waals surface area contributed by atoms with Gasteiger partial charge in [-0.15, -0.1) is 11.3 Å². The summed E-state index contributed by atoms with van der Waals surface area (Å²) in [6.07, 6.45) is 4.31. The van der Waals surface area contributed by atoms with Gasteiger partial charge < -0.3 is 15.1 Å². The Morgan fingerprint density at radius 2 is 1.69 bits per heavy atom. The van der Waals surface area contributed by atoms with Crippen molar-refractivity contribution < 1.29 is 9.59 Å². The van der Waals surface area contributed by atoms with Gasteiger partial charge in [0, 0.05) is 49.8 Å². The largest absolute Gasteiger partial charge is 0.335 e. The lowest BCUT2D eigenvalue weighted by molar-refractivity contribution is 0.0645. The lowest BCUT2D eigenvalue weighted by Crippen LogP contribution is -2.48. The molecular formula is C31H39N5O2S. The molecule has 4 rings (SSSR count). The Hall–Kier alpha value is -3.49. The zero-order valence-corrected chi connectivity index (χ0v) is 24.2. The van der Waals surface area contributed by atoms with E-state index in [-0.39, 0.29) is 18.0 Å². The van der Waals surface area contributed by atoms with Crippen molar-refractivity contribution in [1.29, 1.82) is 0 Å². The predicted octanol–water partition coefficient (Wildman–Crippen LogP) is 6.18. The number of aromatic nitrogens is 1. The maximum atomic E-state index is 13.1. The quantitative estimate of drug-likeness (QED) is 0.349. The third-order valence-corrected chi connectivity index (χ3v) is 7.76. The number of thiazole rings is 1. The van der Waals surface area contributed by atoms with Gasteiger partial charge in [0.15, 0.2) is 0 Å². The molecule has 7 nitrogen and oxygen atoms in total. The van der Waals surface area contributed by atoms with E-state index in [4.69, 9.17) is 0 Å². The molecule has 0 unspecified atom stereocenters. The number of nitrogens with one attached hydrogen (secondary N) is 1. The summed E-state index contributed by atoms with van der Waals surface area (Å²) >= 11 is 1.43. The number of piperazine rings is 1. The van der Waals surface area contributed by atoms with Gasteiger partial charge in [0.2, 0.25) is 0 Å². The van der Waals surface area contributed by atoms with Gasteiger partial charge in [-0.25, -0.2) is 9.78 Å². The first kappa shape index (κ1) is 28.5. The molecule has 3 amide bonds. The van der Waals surface area contributed by atoms with Gasteiger partial charge in [-0.3, -0.25) is 9.69 Å². The summed E-state index contributed by atoms with van der Waals surface area (Å²) < 4.78 is 0. The van der Waals surface area contributed by atoms with Crippen molar-refractivity contribution in [2.45, 2.75) is 46.2 Å². The second-order valence-corrected chi connectivity index (χ2v) is 11.4. The molecule has 8 heteroatoms. The van der Waals surface area contributed by atoms with Crippen molar-refractivity contribution in [1.82, 2.24) is 19.7 Å². The first-order chi connectivity index (χ1) is 18.8. The molecule has 0 spiro atoms. The highest BCUT2D eigenvalue weighted by atomic mass is 32.1. The summed E-state index contributed by atoms with van der Waals surface area (Å²) in [6, 6.07) is 18.0. The van der Waals surface area contributed by atoms with E-state index in [2.05, 4.69) is 53.3 Å². The van der Waals surface area contributed by atoms with Crippen molar-refractivity contribution in [3.63, 3.8) is 0 Å². The Kier molecular flexibility index (Phi) is 9.90. The van der Waals surface area contributed by atoms with Crippen LogP contribution < -0.4 is 5.32 Å². The van der Waals surface area contributed by atoms with Crippen LogP contribution in [-0.4, -0.2) is 70.4 Å². The van der Waals surface area contributed by atoms with Crippen LogP contribution in [0.2, 0.25) is 0 Å². The van der Waals surface area contributed by atoms with Gasteiger partial charge in [-0.1, -0.05) is 68.5 Å².